The number of carbonyl (C=O) groups is 2. The van der Waals surface area contributed by atoms with Crippen molar-refractivity contribution in [1.82, 2.24) is 4.90 Å². The predicted octanol–water partition coefficient (Wildman–Crippen LogP) is 5.52. The second-order valence-electron chi connectivity index (χ2n) is 8.53. The molecule has 11 heteroatoms. The Bertz CT molecular complexity index is 1190. The number of likely N-dealkylation sites (tertiary alicyclic amines) is 1. The van der Waals surface area contributed by atoms with Crippen LogP contribution in [0.5, 0.6) is 0 Å². The van der Waals surface area contributed by atoms with E-state index >= 15 is 0 Å². The Morgan fingerprint density at radius 3 is 2.24 bits per heavy atom. The van der Waals surface area contributed by atoms with Crippen molar-refractivity contribution in [3.8, 4) is 0 Å². The summed E-state index contributed by atoms with van der Waals surface area (Å²) >= 11 is 1.65. The number of fused-ring (bicyclic) bond motifs is 1. The summed E-state index contributed by atoms with van der Waals surface area (Å²) in [7, 11) is 0. The van der Waals surface area contributed by atoms with Gasteiger partial charge in [0.15, 0.2) is 0 Å². The zero-order chi connectivity index (χ0) is 27.5. The van der Waals surface area contributed by atoms with E-state index in [0.717, 1.165) is 42.1 Å². The molecule has 7 nitrogen and oxygen atoms in total. The lowest BCUT2D eigenvalue weighted by molar-refractivity contribution is -0.137. The van der Waals surface area contributed by atoms with E-state index in [4.69, 9.17) is 15.2 Å². The van der Waals surface area contributed by atoms with Crippen LogP contribution < -0.4 is 0 Å². The van der Waals surface area contributed by atoms with Crippen LogP contribution in [0.2, 0.25) is 0 Å². The number of alkyl halides is 3. The molecule has 38 heavy (non-hydrogen) atoms. The molecule has 202 valence electrons. The summed E-state index contributed by atoms with van der Waals surface area (Å²) in [5, 5.41) is 16.5. The lowest BCUT2D eigenvalue weighted by Crippen LogP contribution is -2.31. The van der Waals surface area contributed by atoms with E-state index in [2.05, 4.69) is 9.89 Å². The molecule has 4 rings (SSSR count). The van der Waals surface area contributed by atoms with Crippen molar-refractivity contribution in [1.29, 1.82) is 0 Å². The van der Waals surface area contributed by atoms with Crippen molar-refractivity contribution in [3.63, 3.8) is 0 Å². The smallest absolute Gasteiger partial charge is 0.416 e. The summed E-state index contributed by atoms with van der Waals surface area (Å²) in [4.78, 5) is 31.0. The fourth-order valence-electron chi connectivity index (χ4n) is 3.94. The van der Waals surface area contributed by atoms with Crippen molar-refractivity contribution >= 4 is 40.1 Å². The highest BCUT2D eigenvalue weighted by Crippen LogP contribution is 2.35. The monoisotopic (exact) mass is 547 g/mol. The molecule has 0 bridgehead atoms. The Morgan fingerprint density at radius 2 is 1.63 bits per heavy atom. The normalized spacial score (nSPS) is 16.0. The Morgan fingerprint density at radius 1 is 0.974 bits per heavy atom. The first-order chi connectivity index (χ1) is 18.1. The van der Waals surface area contributed by atoms with Gasteiger partial charge in [-0.15, -0.1) is 11.8 Å². The quantitative estimate of drug-likeness (QED) is 0.462. The van der Waals surface area contributed by atoms with Crippen LogP contribution in [0.3, 0.4) is 0 Å². The maximum Gasteiger partial charge on any atom is 0.416 e. The first-order valence-corrected chi connectivity index (χ1v) is 13.0. The third-order valence-corrected chi connectivity index (χ3v) is 6.68. The van der Waals surface area contributed by atoms with Gasteiger partial charge in [-0.3, -0.25) is 4.99 Å². The molecule has 2 aliphatic rings. The van der Waals surface area contributed by atoms with Crippen LogP contribution in [-0.4, -0.2) is 69.7 Å². The predicted molar refractivity (Wildman–Crippen MR) is 143 cm³/mol. The highest BCUT2D eigenvalue weighted by molar-refractivity contribution is 8.14. The third kappa shape index (κ3) is 9.14. The molecule has 1 fully saturated rings. The molecule has 0 unspecified atom stereocenters. The van der Waals surface area contributed by atoms with E-state index in [1.165, 1.54) is 31.4 Å². The van der Waals surface area contributed by atoms with Crippen LogP contribution in [0.4, 0.5) is 18.9 Å². The molecule has 0 radical (unpaired) electrons. The van der Waals surface area contributed by atoms with Crippen molar-refractivity contribution in [2.75, 3.05) is 31.9 Å². The highest BCUT2D eigenvalue weighted by Gasteiger charge is 2.32. The summed E-state index contributed by atoms with van der Waals surface area (Å²) in [5.74, 6) is -1.61. The Hall–Kier alpha value is -3.44. The van der Waals surface area contributed by atoms with E-state index in [-0.39, 0.29) is 0 Å². The zero-order valence-corrected chi connectivity index (χ0v) is 21.3. The first-order valence-electron chi connectivity index (χ1n) is 12.0. The standard InChI is InChI=1S/C23H24F3N3S.C4H4O4/c24-23(25,26)18-9-10-20-19(15-18)22(17-7-3-1-4-8-17)27-16-21(28-20)30-14-13-29-11-5-2-6-12-29;5-3(6)1-2-4(7)8/h1,3-4,7-10,15H,2,5-6,11-14,16H2;1-2H,(H,5,6)(H,7,8). The maximum absolute atomic E-state index is 13.3. The zero-order valence-electron chi connectivity index (χ0n) is 20.5. The largest absolute Gasteiger partial charge is 0.478 e. The van der Waals surface area contributed by atoms with E-state index in [1.807, 2.05) is 30.3 Å². The molecule has 2 aromatic carbocycles. The number of aliphatic imine (C=N–C) groups is 2. The fourth-order valence-corrected chi connectivity index (χ4v) is 4.84. The van der Waals surface area contributed by atoms with Gasteiger partial charge in [0.25, 0.3) is 0 Å². The number of nitrogens with zero attached hydrogens (tertiary/aromatic N) is 3. The molecule has 1 saturated heterocycles. The highest BCUT2D eigenvalue weighted by atomic mass is 32.2. The van der Waals surface area contributed by atoms with E-state index in [0.29, 0.717) is 35.7 Å². The van der Waals surface area contributed by atoms with Crippen LogP contribution in [0, 0.1) is 0 Å². The third-order valence-electron chi connectivity index (χ3n) is 5.74. The molecule has 0 spiro atoms. The van der Waals surface area contributed by atoms with Crippen LogP contribution in [0.1, 0.15) is 36.0 Å². The number of rotatable bonds is 6. The van der Waals surface area contributed by atoms with Gasteiger partial charge >= 0.3 is 18.1 Å². The number of aliphatic carboxylic acids is 2. The van der Waals surface area contributed by atoms with Gasteiger partial charge in [0, 0.05) is 35.6 Å². The summed E-state index contributed by atoms with van der Waals surface area (Å²) in [5.41, 5.74) is 1.66. The molecular formula is C27H28F3N3O4S. The van der Waals surface area contributed by atoms with E-state index in [1.54, 1.807) is 11.8 Å². The minimum absolute atomic E-state index is 0.380. The van der Waals surface area contributed by atoms with Crippen LogP contribution in [-0.2, 0) is 15.8 Å². The average Bonchev–Trinajstić information content (AvgIpc) is 3.07. The van der Waals surface area contributed by atoms with Gasteiger partial charge < -0.3 is 15.1 Å². The Balaban J connectivity index is 0.000000436. The number of piperidine rings is 1. The second kappa shape index (κ2) is 13.9. The summed E-state index contributed by atoms with van der Waals surface area (Å²) in [6, 6.07) is 13.1. The molecule has 2 aromatic rings. The molecule has 2 aliphatic heterocycles. The Kier molecular flexibility index (Phi) is 10.7. The van der Waals surface area contributed by atoms with E-state index in [9.17, 15) is 22.8 Å². The van der Waals surface area contributed by atoms with Crippen LogP contribution in [0.15, 0.2) is 70.7 Å². The maximum atomic E-state index is 13.3. The molecular weight excluding hydrogens is 519 g/mol. The number of halogens is 3. The van der Waals surface area contributed by atoms with Crippen molar-refractivity contribution in [3.05, 3.63) is 77.4 Å². The van der Waals surface area contributed by atoms with Gasteiger partial charge in [-0.2, -0.15) is 13.2 Å². The van der Waals surface area contributed by atoms with Crippen LogP contribution >= 0.6 is 11.8 Å². The van der Waals surface area contributed by atoms with Crippen LogP contribution in [0.25, 0.3) is 0 Å². The first kappa shape index (κ1) is 29.1. The molecule has 0 aliphatic carbocycles. The molecule has 0 amide bonds. The van der Waals surface area contributed by atoms with Gasteiger partial charge in [0.1, 0.15) is 0 Å². The van der Waals surface area contributed by atoms with Gasteiger partial charge in [-0.25, -0.2) is 14.6 Å². The van der Waals surface area contributed by atoms with Crippen molar-refractivity contribution in [2.24, 2.45) is 9.98 Å². The molecule has 2 N–H and O–H groups in total. The van der Waals surface area contributed by atoms with Gasteiger partial charge in [0.2, 0.25) is 0 Å². The van der Waals surface area contributed by atoms with Crippen molar-refractivity contribution in [2.45, 2.75) is 25.4 Å². The Labute approximate surface area is 222 Å². The summed E-state index contributed by atoms with van der Waals surface area (Å²) < 4.78 is 40.0. The number of thioether (sulfide) groups is 1. The lowest BCUT2D eigenvalue weighted by Gasteiger charge is -2.26. The SMILES string of the molecule is FC(F)(F)c1ccc2c(c1)C(c1ccccc1)=NCC(SCCN1CCCCC1)=N2.O=C(O)C=CC(=O)O. The lowest BCUT2D eigenvalue weighted by atomic mass is 9.98. The summed E-state index contributed by atoms with van der Waals surface area (Å²) in [6.07, 6.45) is 0.532. The molecule has 2 heterocycles. The molecule has 0 aromatic heterocycles. The van der Waals surface area contributed by atoms with Gasteiger partial charge in [0.05, 0.1) is 28.6 Å². The molecule has 0 saturated carbocycles. The average molecular weight is 548 g/mol. The van der Waals surface area contributed by atoms with E-state index < -0.39 is 23.7 Å². The number of carboxylic acids is 2. The number of hydrogen-bond acceptors (Lipinski definition) is 6. The number of hydrogen-bond donors (Lipinski definition) is 2. The van der Waals surface area contributed by atoms with Gasteiger partial charge in [-0.05, 0) is 44.1 Å². The van der Waals surface area contributed by atoms with Crippen molar-refractivity contribution < 1.29 is 33.0 Å². The van der Waals surface area contributed by atoms with Gasteiger partial charge in [-0.1, -0.05) is 36.8 Å². The summed E-state index contributed by atoms with van der Waals surface area (Å²) in [6.45, 7) is 3.67. The minimum Gasteiger partial charge on any atom is -0.478 e. The molecule has 0 atom stereocenters. The minimum atomic E-state index is -4.40. The number of carboxylic acid groups (broad SMARTS) is 2. The topological polar surface area (TPSA) is 103 Å². The second-order valence-corrected chi connectivity index (χ2v) is 9.69. The fraction of sp³-hybridized carbons (Fsp3) is 0.333. The number of benzene rings is 2.